The monoisotopic (exact) mass is 1040 g/mol. The highest BCUT2D eigenvalue weighted by atomic mass is 16.5. The Morgan fingerprint density at radius 2 is 0.676 bits per heavy atom. The number of hydrogen-bond donors (Lipinski definition) is 3. The molecule has 0 saturated heterocycles. The summed E-state index contributed by atoms with van der Waals surface area (Å²) in [5.74, 6) is -0.0565. The molecular formula is C68H129NO5. The molecular weight excluding hydrogens is 911 g/mol. The number of aliphatic hydroxyl groups is 2. The van der Waals surface area contributed by atoms with Gasteiger partial charge in [0.15, 0.2) is 0 Å². The molecule has 0 aliphatic heterocycles. The molecule has 74 heavy (non-hydrogen) atoms. The first-order chi connectivity index (χ1) is 36.5. The SMILES string of the molecule is CCCCCCCCCCCCCCCC/C=C/C(O)C(CO)NC(=O)CCCCCCCCCCCCC/C=C\C/C=C\CCCCCCCCCCCOC(=O)CCCCCCCCCCCCCCCC. The maximum Gasteiger partial charge on any atom is 0.305 e. The number of aliphatic hydroxyl groups excluding tert-OH is 2. The van der Waals surface area contributed by atoms with Gasteiger partial charge in [-0.1, -0.05) is 320 Å². The molecule has 0 aromatic heterocycles. The molecule has 6 nitrogen and oxygen atoms in total. The van der Waals surface area contributed by atoms with Crippen LogP contribution in [0.15, 0.2) is 36.5 Å². The van der Waals surface area contributed by atoms with Gasteiger partial charge < -0.3 is 20.3 Å². The van der Waals surface area contributed by atoms with E-state index >= 15 is 0 Å². The highest BCUT2D eigenvalue weighted by Crippen LogP contribution is 2.18. The summed E-state index contributed by atoms with van der Waals surface area (Å²) in [7, 11) is 0. The quantitative estimate of drug-likeness (QED) is 0.0320. The van der Waals surface area contributed by atoms with Crippen molar-refractivity contribution in [2.24, 2.45) is 0 Å². The van der Waals surface area contributed by atoms with E-state index in [1.165, 1.54) is 289 Å². The molecule has 436 valence electrons. The van der Waals surface area contributed by atoms with Gasteiger partial charge in [-0.15, -0.1) is 0 Å². The van der Waals surface area contributed by atoms with Gasteiger partial charge >= 0.3 is 5.97 Å². The van der Waals surface area contributed by atoms with Crippen LogP contribution in [-0.4, -0.2) is 47.4 Å². The van der Waals surface area contributed by atoms with Crippen LogP contribution in [0.25, 0.3) is 0 Å². The van der Waals surface area contributed by atoms with Crippen LogP contribution >= 0.6 is 0 Å². The highest BCUT2D eigenvalue weighted by molar-refractivity contribution is 5.76. The first-order valence-corrected chi connectivity index (χ1v) is 33.3. The number of carbonyl (C=O) groups is 2. The smallest absolute Gasteiger partial charge is 0.305 e. The van der Waals surface area contributed by atoms with E-state index < -0.39 is 12.1 Å². The largest absolute Gasteiger partial charge is 0.466 e. The molecule has 0 saturated carbocycles. The first kappa shape index (κ1) is 72.1. The molecule has 2 unspecified atom stereocenters. The Morgan fingerprint density at radius 3 is 1.03 bits per heavy atom. The Labute approximate surface area is 462 Å². The summed E-state index contributed by atoms with van der Waals surface area (Å²) in [6.45, 7) is 4.92. The highest BCUT2D eigenvalue weighted by Gasteiger charge is 2.18. The topological polar surface area (TPSA) is 95.9 Å². The lowest BCUT2D eigenvalue weighted by atomic mass is 10.0. The average molecular weight is 1040 g/mol. The van der Waals surface area contributed by atoms with Crippen LogP contribution in [0.2, 0.25) is 0 Å². The van der Waals surface area contributed by atoms with Crippen LogP contribution < -0.4 is 5.32 Å². The van der Waals surface area contributed by atoms with Gasteiger partial charge in [0.05, 0.1) is 25.4 Å². The van der Waals surface area contributed by atoms with Crippen LogP contribution in [0.1, 0.15) is 361 Å². The molecule has 1 amide bonds. The molecule has 0 rings (SSSR count). The molecule has 0 fully saturated rings. The van der Waals surface area contributed by atoms with Crippen molar-refractivity contribution in [1.29, 1.82) is 0 Å². The Balaban J connectivity index is 3.43. The molecule has 6 heteroatoms. The first-order valence-electron chi connectivity index (χ1n) is 33.3. The van der Waals surface area contributed by atoms with E-state index in [0.29, 0.717) is 19.4 Å². The van der Waals surface area contributed by atoms with Crippen molar-refractivity contribution in [3.63, 3.8) is 0 Å². The fraction of sp³-hybridized carbons (Fsp3) is 0.882. The summed E-state index contributed by atoms with van der Waals surface area (Å²) in [5.41, 5.74) is 0. The van der Waals surface area contributed by atoms with E-state index in [9.17, 15) is 19.8 Å². The van der Waals surface area contributed by atoms with E-state index in [4.69, 9.17) is 4.74 Å². The lowest BCUT2D eigenvalue weighted by Gasteiger charge is -2.20. The molecule has 0 heterocycles. The number of unbranched alkanes of at least 4 members (excludes halogenated alkanes) is 47. The van der Waals surface area contributed by atoms with Crippen LogP contribution in [0.5, 0.6) is 0 Å². The normalized spacial score (nSPS) is 12.8. The van der Waals surface area contributed by atoms with Gasteiger partial charge in [-0.05, 0) is 64.2 Å². The number of amides is 1. The second kappa shape index (κ2) is 63.6. The number of allylic oxidation sites excluding steroid dienone is 5. The van der Waals surface area contributed by atoms with Crippen LogP contribution in [-0.2, 0) is 14.3 Å². The number of rotatable bonds is 62. The summed E-state index contributed by atoms with van der Waals surface area (Å²) >= 11 is 0. The van der Waals surface area contributed by atoms with Gasteiger partial charge in [-0.25, -0.2) is 0 Å². The summed E-state index contributed by atoms with van der Waals surface area (Å²) in [6.07, 6.45) is 80.6. The van der Waals surface area contributed by atoms with Crippen molar-refractivity contribution in [2.45, 2.75) is 373 Å². The molecule has 0 spiro atoms. The average Bonchev–Trinajstić information content (AvgIpc) is 3.40. The third kappa shape index (κ3) is 59.3. The maximum atomic E-state index is 12.5. The minimum absolute atomic E-state index is 0.0127. The van der Waals surface area contributed by atoms with Crippen LogP contribution in [0, 0.1) is 0 Å². The minimum Gasteiger partial charge on any atom is -0.466 e. The number of esters is 1. The molecule has 2 atom stereocenters. The van der Waals surface area contributed by atoms with Crippen molar-refractivity contribution in [1.82, 2.24) is 5.32 Å². The van der Waals surface area contributed by atoms with Crippen molar-refractivity contribution in [3.05, 3.63) is 36.5 Å². The molecule has 3 N–H and O–H groups in total. The number of carbonyl (C=O) groups excluding carboxylic acids is 2. The van der Waals surface area contributed by atoms with E-state index in [0.717, 1.165) is 44.9 Å². The Bertz CT molecular complexity index is 1200. The molecule has 0 aromatic carbocycles. The van der Waals surface area contributed by atoms with Crippen molar-refractivity contribution < 1.29 is 24.5 Å². The number of ether oxygens (including phenoxy) is 1. The third-order valence-electron chi connectivity index (χ3n) is 15.4. The minimum atomic E-state index is -0.847. The Morgan fingerprint density at radius 1 is 0.378 bits per heavy atom. The van der Waals surface area contributed by atoms with E-state index in [1.807, 2.05) is 6.08 Å². The summed E-state index contributed by atoms with van der Waals surface area (Å²) in [5, 5.41) is 23.2. The molecule has 0 aromatic rings. The van der Waals surface area contributed by atoms with Crippen LogP contribution in [0.3, 0.4) is 0 Å². The Kier molecular flexibility index (Phi) is 62.0. The molecule has 0 aliphatic carbocycles. The standard InChI is InChI=1S/C68H129NO5/c1-3-5-7-9-11-13-15-17-19-33-36-40-44-48-52-56-60-66(71)65(64-70)69-67(72)61-57-53-49-45-41-37-34-31-29-27-25-23-21-20-22-24-26-28-30-32-35-39-43-47-51-55-59-63-74-68(73)62-58-54-50-46-42-38-18-16-14-12-10-8-6-4-2/h20-21,24,26,56,60,65-66,70-71H,3-19,22-23,25,27-55,57-59,61-64H2,1-2H3,(H,69,72)/b21-20-,26-24-,60-56+. The number of nitrogens with one attached hydrogen (secondary N) is 1. The van der Waals surface area contributed by atoms with Crippen molar-refractivity contribution in [2.75, 3.05) is 13.2 Å². The Hall–Kier alpha value is -1.92. The maximum absolute atomic E-state index is 12.5. The van der Waals surface area contributed by atoms with Crippen molar-refractivity contribution in [3.8, 4) is 0 Å². The van der Waals surface area contributed by atoms with Gasteiger partial charge in [0.25, 0.3) is 0 Å². The zero-order valence-corrected chi connectivity index (χ0v) is 49.8. The zero-order valence-electron chi connectivity index (χ0n) is 49.8. The van der Waals surface area contributed by atoms with Gasteiger partial charge in [0.1, 0.15) is 0 Å². The fourth-order valence-electron chi connectivity index (χ4n) is 10.3. The van der Waals surface area contributed by atoms with E-state index in [-0.39, 0.29) is 18.5 Å². The zero-order chi connectivity index (χ0) is 53.6. The van der Waals surface area contributed by atoms with Crippen LogP contribution in [0.4, 0.5) is 0 Å². The number of hydrogen-bond acceptors (Lipinski definition) is 5. The molecule has 0 bridgehead atoms. The van der Waals surface area contributed by atoms with E-state index in [1.54, 1.807) is 6.08 Å². The van der Waals surface area contributed by atoms with E-state index in [2.05, 4.69) is 43.5 Å². The van der Waals surface area contributed by atoms with Gasteiger partial charge in [0.2, 0.25) is 5.91 Å². The second-order valence-electron chi connectivity index (χ2n) is 22.8. The third-order valence-corrected chi connectivity index (χ3v) is 15.4. The molecule has 0 radical (unpaired) electrons. The fourth-order valence-corrected chi connectivity index (χ4v) is 10.3. The predicted molar refractivity (Wildman–Crippen MR) is 324 cm³/mol. The van der Waals surface area contributed by atoms with Gasteiger partial charge in [-0.2, -0.15) is 0 Å². The summed E-state index contributed by atoms with van der Waals surface area (Å²) < 4.78 is 5.48. The van der Waals surface area contributed by atoms with Crippen molar-refractivity contribution >= 4 is 11.9 Å². The van der Waals surface area contributed by atoms with Gasteiger partial charge in [-0.3, -0.25) is 9.59 Å². The lowest BCUT2D eigenvalue weighted by molar-refractivity contribution is -0.143. The molecule has 0 aliphatic rings. The summed E-state index contributed by atoms with van der Waals surface area (Å²) in [6, 6.07) is -0.630. The second-order valence-corrected chi connectivity index (χ2v) is 22.8. The predicted octanol–water partition coefficient (Wildman–Crippen LogP) is 21.1. The summed E-state index contributed by atoms with van der Waals surface area (Å²) in [4.78, 5) is 24.5. The van der Waals surface area contributed by atoms with Gasteiger partial charge in [0, 0.05) is 12.8 Å². The lowest BCUT2D eigenvalue weighted by Crippen LogP contribution is -2.45.